The molecule has 0 bridgehead atoms. The lowest BCUT2D eigenvalue weighted by Gasteiger charge is -2.18. The molecule has 2 N–H and O–H groups in total. The Bertz CT molecular complexity index is 1230. The minimum atomic E-state index is -0.673. The number of ether oxygens (including phenoxy) is 1. The monoisotopic (exact) mass is 437 g/mol. The molecule has 12 heteroatoms. The minimum Gasteiger partial charge on any atom is -0.439 e. The lowest BCUT2D eigenvalue weighted by molar-refractivity contribution is 0.262. The molecule has 0 aliphatic rings. The number of urea groups is 1. The molecule has 2 amide bonds. The number of aromatic nitrogens is 7. The molecule has 0 aliphatic carbocycles. The van der Waals surface area contributed by atoms with Crippen molar-refractivity contribution in [2.24, 2.45) is 0 Å². The number of benzene rings is 1. The number of hydrogen-bond donors (Lipinski definition) is 2. The summed E-state index contributed by atoms with van der Waals surface area (Å²) in [7, 11) is 0. The van der Waals surface area contributed by atoms with Crippen molar-refractivity contribution in [3.05, 3.63) is 61.2 Å². The number of hydrogen-bond acceptors (Lipinski definition) is 7. The molecule has 0 unspecified atom stereocenters. The molecule has 0 aliphatic heterocycles. The van der Waals surface area contributed by atoms with Crippen LogP contribution in [0, 0.1) is 5.82 Å². The molecule has 1 aromatic carbocycles. The van der Waals surface area contributed by atoms with Crippen LogP contribution in [0.2, 0.25) is 0 Å². The summed E-state index contributed by atoms with van der Waals surface area (Å²) in [6.45, 7) is 5.96. The second-order valence-corrected chi connectivity index (χ2v) is 7.73. The highest BCUT2D eigenvalue weighted by molar-refractivity contribution is 5.99. The van der Waals surface area contributed by atoms with Gasteiger partial charge in [0.15, 0.2) is 5.82 Å². The maximum Gasteiger partial charge on any atom is 0.323 e. The SMILES string of the molecule is CC(C)(C)n1cc(NC(=O)Nc2ccc(Oc3cc(-n4ccnn4)ncn3)cc2F)cn1. The maximum atomic E-state index is 14.5. The first kappa shape index (κ1) is 20.9. The molecule has 164 valence electrons. The van der Waals surface area contributed by atoms with Crippen molar-refractivity contribution in [1.29, 1.82) is 0 Å². The van der Waals surface area contributed by atoms with Crippen LogP contribution in [0.1, 0.15) is 20.8 Å². The first-order chi connectivity index (χ1) is 15.3. The van der Waals surface area contributed by atoms with Crippen molar-refractivity contribution >= 4 is 17.4 Å². The molecule has 0 radical (unpaired) electrons. The third-order valence-corrected chi connectivity index (χ3v) is 4.22. The summed E-state index contributed by atoms with van der Waals surface area (Å²) in [5.74, 6) is 0.161. The van der Waals surface area contributed by atoms with Gasteiger partial charge in [0.05, 0.1) is 35.5 Å². The fourth-order valence-electron chi connectivity index (χ4n) is 2.66. The van der Waals surface area contributed by atoms with E-state index in [2.05, 4.69) is 36.0 Å². The first-order valence-corrected chi connectivity index (χ1v) is 9.57. The van der Waals surface area contributed by atoms with Crippen molar-refractivity contribution in [2.45, 2.75) is 26.3 Å². The lowest BCUT2D eigenvalue weighted by Crippen LogP contribution is -2.22. The molecule has 11 nitrogen and oxygen atoms in total. The Hall–Kier alpha value is -4.35. The molecule has 0 saturated carbocycles. The van der Waals surface area contributed by atoms with Crippen LogP contribution in [0.4, 0.5) is 20.6 Å². The average Bonchev–Trinajstić information content (AvgIpc) is 3.42. The van der Waals surface area contributed by atoms with Crippen molar-refractivity contribution in [3.8, 4) is 17.4 Å². The van der Waals surface area contributed by atoms with Gasteiger partial charge in [0.1, 0.15) is 17.9 Å². The van der Waals surface area contributed by atoms with Gasteiger partial charge in [-0.2, -0.15) is 5.10 Å². The number of halogens is 1. The third kappa shape index (κ3) is 4.86. The van der Waals surface area contributed by atoms with Crippen LogP contribution in [-0.2, 0) is 5.54 Å². The van der Waals surface area contributed by atoms with Crippen LogP contribution in [0.3, 0.4) is 0 Å². The molecule has 4 rings (SSSR count). The third-order valence-electron chi connectivity index (χ3n) is 4.22. The van der Waals surface area contributed by atoms with E-state index in [1.807, 2.05) is 20.8 Å². The van der Waals surface area contributed by atoms with Crippen LogP contribution < -0.4 is 15.4 Å². The summed E-state index contributed by atoms with van der Waals surface area (Å²) >= 11 is 0. The van der Waals surface area contributed by atoms with E-state index in [4.69, 9.17) is 4.74 Å². The van der Waals surface area contributed by atoms with Gasteiger partial charge in [-0.1, -0.05) is 5.21 Å². The zero-order valence-corrected chi connectivity index (χ0v) is 17.5. The van der Waals surface area contributed by atoms with Crippen LogP contribution in [0.25, 0.3) is 5.82 Å². The summed E-state index contributed by atoms with van der Waals surface area (Å²) in [4.78, 5) is 20.3. The topological polar surface area (TPSA) is 125 Å². The number of amides is 2. The van der Waals surface area contributed by atoms with E-state index >= 15 is 0 Å². The highest BCUT2D eigenvalue weighted by Crippen LogP contribution is 2.25. The molecule has 0 atom stereocenters. The van der Waals surface area contributed by atoms with Gasteiger partial charge in [-0.15, -0.1) is 5.10 Å². The first-order valence-electron chi connectivity index (χ1n) is 9.57. The summed E-state index contributed by atoms with van der Waals surface area (Å²) in [5.41, 5.74) is 0.256. The molecule has 0 fully saturated rings. The smallest absolute Gasteiger partial charge is 0.323 e. The molecule has 3 heterocycles. The van der Waals surface area contributed by atoms with E-state index in [0.29, 0.717) is 11.5 Å². The number of carbonyl (C=O) groups excluding carboxylic acids is 1. The normalized spacial score (nSPS) is 11.2. The summed E-state index contributed by atoms with van der Waals surface area (Å²) in [6, 6.07) is 4.98. The maximum absolute atomic E-state index is 14.5. The Labute approximate surface area is 182 Å². The average molecular weight is 437 g/mol. The number of carbonyl (C=O) groups is 1. The fraction of sp³-hybridized carbons (Fsp3) is 0.200. The van der Waals surface area contributed by atoms with E-state index in [-0.39, 0.29) is 22.9 Å². The van der Waals surface area contributed by atoms with Crippen LogP contribution in [0.5, 0.6) is 11.6 Å². The van der Waals surface area contributed by atoms with Gasteiger partial charge in [0, 0.05) is 18.3 Å². The fourth-order valence-corrected chi connectivity index (χ4v) is 2.66. The molecule has 0 saturated heterocycles. The lowest BCUT2D eigenvalue weighted by atomic mass is 10.1. The number of nitrogens with one attached hydrogen (secondary N) is 2. The molecular weight excluding hydrogens is 417 g/mol. The number of nitrogens with zero attached hydrogens (tertiary/aromatic N) is 7. The highest BCUT2D eigenvalue weighted by atomic mass is 19.1. The predicted octanol–water partition coefficient (Wildman–Crippen LogP) is 3.58. The summed E-state index contributed by atoms with van der Waals surface area (Å²) < 4.78 is 23.3. The quantitative estimate of drug-likeness (QED) is 0.489. The highest BCUT2D eigenvalue weighted by Gasteiger charge is 2.15. The summed E-state index contributed by atoms with van der Waals surface area (Å²) in [6.07, 6.45) is 7.64. The van der Waals surface area contributed by atoms with Crippen LogP contribution >= 0.6 is 0 Å². The standard InChI is InChI=1S/C20H20FN9O2/c1-20(2,3)30-11-13(10-25-30)26-19(31)27-16-5-4-14(8-15(16)21)32-18-9-17(22-12-23-18)29-7-6-24-28-29/h4-12H,1-3H3,(H2,26,27,31). The van der Waals surface area contributed by atoms with E-state index in [0.717, 1.165) is 6.07 Å². The molecular formula is C20H20FN9O2. The Morgan fingerprint density at radius 1 is 1.16 bits per heavy atom. The summed E-state index contributed by atoms with van der Waals surface area (Å²) in [5, 5.41) is 16.8. The van der Waals surface area contributed by atoms with Crippen molar-refractivity contribution in [2.75, 3.05) is 10.6 Å². The Morgan fingerprint density at radius 2 is 2.00 bits per heavy atom. The Morgan fingerprint density at radius 3 is 2.69 bits per heavy atom. The zero-order chi connectivity index (χ0) is 22.7. The zero-order valence-electron chi connectivity index (χ0n) is 17.5. The predicted molar refractivity (Wildman–Crippen MR) is 113 cm³/mol. The molecule has 4 aromatic rings. The van der Waals surface area contributed by atoms with E-state index in [1.165, 1.54) is 41.6 Å². The number of anilines is 2. The second-order valence-electron chi connectivity index (χ2n) is 7.73. The van der Waals surface area contributed by atoms with E-state index in [9.17, 15) is 9.18 Å². The van der Waals surface area contributed by atoms with Gasteiger partial charge >= 0.3 is 6.03 Å². The van der Waals surface area contributed by atoms with Crippen LogP contribution in [-0.4, -0.2) is 40.8 Å². The van der Waals surface area contributed by atoms with Gasteiger partial charge in [-0.3, -0.25) is 4.68 Å². The van der Waals surface area contributed by atoms with Gasteiger partial charge in [0.2, 0.25) is 5.88 Å². The van der Waals surface area contributed by atoms with Gasteiger partial charge in [-0.05, 0) is 32.9 Å². The second kappa shape index (κ2) is 8.41. The van der Waals surface area contributed by atoms with Crippen molar-refractivity contribution in [1.82, 2.24) is 34.7 Å². The molecule has 0 spiro atoms. The largest absolute Gasteiger partial charge is 0.439 e. The van der Waals surface area contributed by atoms with Gasteiger partial charge in [-0.25, -0.2) is 23.8 Å². The van der Waals surface area contributed by atoms with E-state index < -0.39 is 11.8 Å². The Kier molecular flexibility index (Phi) is 5.50. The van der Waals surface area contributed by atoms with Gasteiger partial charge in [0.25, 0.3) is 0 Å². The Balaban J connectivity index is 1.41. The van der Waals surface area contributed by atoms with Crippen molar-refractivity contribution in [3.63, 3.8) is 0 Å². The van der Waals surface area contributed by atoms with Gasteiger partial charge < -0.3 is 15.4 Å². The minimum absolute atomic E-state index is 0.0101. The van der Waals surface area contributed by atoms with Crippen molar-refractivity contribution < 1.29 is 13.9 Å². The van der Waals surface area contributed by atoms with E-state index in [1.54, 1.807) is 17.1 Å². The molecule has 3 aromatic heterocycles. The molecule has 32 heavy (non-hydrogen) atoms. The number of rotatable bonds is 5. The van der Waals surface area contributed by atoms with Crippen LogP contribution in [0.15, 0.2) is 55.4 Å².